The van der Waals surface area contributed by atoms with E-state index in [2.05, 4.69) is 10.5 Å². The number of carbonyl (C=O) groups excluding carboxylic acids is 1. The van der Waals surface area contributed by atoms with E-state index in [9.17, 15) is 13.2 Å². The van der Waals surface area contributed by atoms with Gasteiger partial charge in [0.1, 0.15) is 6.54 Å². The smallest absolute Gasteiger partial charge is 0.260 e. The Labute approximate surface area is 182 Å². The summed E-state index contributed by atoms with van der Waals surface area (Å²) >= 11 is 0. The molecule has 0 aliphatic heterocycles. The van der Waals surface area contributed by atoms with Crippen molar-refractivity contribution in [3.63, 3.8) is 0 Å². The van der Waals surface area contributed by atoms with Crippen molar-refractivity contribution in [1.29, 1.82) is 0 Å². The Bertz CT molecular complexity index is 1060. The van der Waals surface area contributed by atoms with Crippen LogP contribution in [0.5, 0.6) is 17.2 Å². The Morgan fingerprint density at radius 2 is 1.68 bits per heavy atom. The molecule has 2 rings (SSSR count). The minimum atomic E-state index is -3.68. The lowest BCUT2D eigenvalue weighted by atomic mass is 10.1. The van der Waals surface area contributed by atoms with Gasteiger partial charge in [-0.1, -0.05) is 17.7 Å². The molecular weight excluding hydrogens is 422 g/mol. The highest BCUT2D eigenvalue weighted by molar-refractivity contribution is 7.92. The van der Waals surface area contributed by atoms with Crippen LogP contribution in [0, 0.1) is 13.8 Å². The molecule has 9 nitrogen and oxygen atoms in total. The molecule has 2 aromatic rings. The first kappa shape index (κ1) is 24.0. The van der Waals surface area contributed by atoms with Gasteiger partial charge in [-0.2, -0.15) is 5.10 Å². The molecule has 0 radical (unpaired) electrons. The van der Waals surface area contributed by atoms with Crippen LogP contribution in [0.3, 0.4) is 0 Å². The Morgan fingerprint density at radius 1 is 1.06 bits per heavy atom. The van der Waals surface area contributed by atoms with E-state index in [-0.39, 0.29) is 0 Å². The topological polar surface area (TPSA) is 107 Å². The number of sulfonamides is 1. The Kier molecular flexibility index (Phi) is 7.87. The summed E-state index contributed by atoms with van der Waals surface area (Å²) in [6.07, 6.45) is 2.45. The molecule has 0 saturated heterocycles. The van der Waals surface area contributed by atoms with Crippen LogP contribution in [0.4, 0.5) is 5.69 Å². The van der Waals surface area contributed by atoms with Gasteiger partial charge < -0.3 is 14.2 Å². The van der Waals surface area contributed by atoms with Crippen molar-refractivity contribution >= 4 is 27.8 Å². The Morgan fingerprint density at radius 3 is 2.16 bits per heavy atom. The second-order valence-electron chi connectivity index (χ2n) is 6.81. The summed E-state index contributed by atoms with van der Waals surface area (Å²) in [5.74, 6) is 0.720. The number of anilines is 1. The molecule has 0 aliphatic rings. The molecule has 0 fully saturated rings. The van der Waals surface area contributed by atoms with E-state index in [0.717, 1.165) is 21.7 Å². The van der Waals surface area contributed by atoms with E-state index in [1.807, 2.05) is 13.0 Å². The maximum absolute atomic E-state index is 12.4. The second-order valence-corrected chi connectivity index (χ2v) is 8.72. The van der Waals surface area contributed by atoms with E-state index in [0.29, 0.717) is 28.5 Å². The number of rotatable bonds is 9. The second kappa shape index (κ2) is 10.2. The third-order valence-corrected chi connectivity index (χ3v) is 5.52. The van der Waals surface area contributed by atoms with E-state index in [1.165, 1.54) is 27.5 Å². The first-order chi connectivity index (χ1) is 14.6. The SMILES string of the molecule is COc1cc(/C=N\NC(=O)CN(c2ccc(C)cc2C)S(C)(=O)=O)cc(OC)c1OC. The van der Waals surface area contributed by atoms with Crippen molar-refractivity contribution in [1.82, 2.24) is 5.43 Å². The number of nitrogens with zero attached hydrogens (tertiary/aromatic N) is 2. The molecule has 10 heteroatoms. The zero-order valence-electron chi connectivity index (χ0n) is 18.4. The highest BCUT2D eigenvalue weighted by Crippen LogP contribution is 2.37. The third kappa shape index (κ3) is 6.11. The highest BCUT2D eigenvalue weighted by atomic mass is 32.2. The molecule has 0 aliphatic carbocycles. The van der Waals surface area contributed by atoms with E-state index >= 15 is 0 Å². The summed E-state index contributed by atoms with van der Waals surface area (Å²) in [5.41, 5.74) is 5.12. The predicted octanol–water partition coefficient (Wildman–Crippen LogP) is 2.25. The maximum atomic E-state index is 12.4. The molecular formula is C21H27N3O6S. The van der Waals surface area contributed by atoms with Crippen molar-refractivity contribution in [2.45, 2.75) is 13.8 Å². The van der Waals surface area contributed by atoms with Crippen LogP contribution in [0.2, 0.25) is 0 Å². The van der Waals surface area contributed by atoms with Crippen LogP contribution in [0.1, 0.15) is 16.7 Å². The molecule has 168 valence electrons. The zero-order chi connectivity index (χ0) is 23.2. The number of benzene rings is 2. The van der Waals surface area contributed by atoms with Crippen molar-refractivity contribution < 1.29 is 27.4 Å². The number of amides is 1. The maximum Gasteiger partial charge on any atom is 0.260 e. The van der Waals surface area contributed by atoms with E-state index < -0.39 is 22.5 Å². The van der Waals surface area contributed by atoms with Crippen molar-refractivity contribution in [3.8, 4) is 17.2 Å². The summed E-state index contributed by atoms with van der Waals surface area (Å²) in [6, 6.07) is 8.65. The van der Waals surface area contributed by atoms with Gasteiger partial charge in [-0.25, -0.2) is 13.8 Å². The lowest BCUT2D eigenvalue weighted by molar-refractivity contribution is -0.119. The van der Waals surface area contributed by atoms with Gasteiger partial charge in [0, 0.05) is 5.56 Å². The van der Waals surface area contributed by atoms with Crippen LogP contribution in [0.15, 0.2) is 35.4 Å². The molecule has 0 bridgehead atoms. The quantitative estimate of drug-likeness (QED) is 0.465. The lowest BCUT2D eigenvalue weighted by Gasteiger charge is -2.23. The molecule has 0 heterocycles. The fourth-order valence-electron chi connectivity index (χ4n) is 2.99. The summed E-state index contributed by atoms with van der Waals surface area (Å²) in [6.45, 7) is 3.29. The van der Waals surface area contributed by atoms with Crippen molar-refractivity contribution in [2.24, 2.45) is 5.10 Å². The van der Waals surface area contributed by atoms with Gasteiger partial charge in [-0.05, 0) is 37.6 Å². The van der Waals surface area contributed by atoms with Gasteiger partial charge in [0.15, 0.2) is 11.5 Å². The first-order valence-corrected chi connectivity index (χ1v) is 11.1. The van der Waals surface area contributed by atoms with Crippen molar-refractivity contribution in [2.75, 3.05) is 38.4 Å². The van der Waals surface area contributed by atoms with Crippen LogP contribution >= 0.6 is 0 Å². The Hall–Kier alpha value is -3.27. The fraction of sp³-hybridized carbons (Fsp3) is 0.333. The molecule has 1 N–H and O–H groups in total. The minimum Gasteiger partial charge on any atom is -0.493 e. The van der Waals surface area contributed by atoms with Gasteiger partial charge in [0.05, 0.1) is 39.5 Å². The van der Waals surface area contributed by atoms with Crippen molar-refractivity contribution in [3.05, 3.63) is 47.0 Å². The number of aryl methyl sites for hydroxylation is 2. The van der Waals surface area contributed by atoms with Crippen LogP contribution in [-0.2, 0) is 14.8 Å². The van der Waals surface area contributed by atoms with Gasteiger partial charge >= 0.3 is 0 Å². The molecule has 0 atom stereocenters. The van der Waals surface area contributed by atoms with Gasteiger partial charge in [-0.3, -0.25) is 9.10 Å². The predicted molar refractivity (Wildman–Crippen MR) is 120 cm³/mol. The third-order valence-electron chi connectivity index (χ3n) is 4.40. The number of carbonyl (C=O) groups is 1. The average Bonchev–Trinajstić information content (AvgIpc) is 2.71. The first-order valence-electron chi connectivity index (χ1n) is 9.27. The molecule has 1 amide bonds. The van der Waals surface area contributed by atoms with E-state index in [4.69, 9.17) is 14.2 Å². The highest BCUT2D eigenvalue weighted by Gasteiger charge is 2.22. The molecule has 0 unspecified atom stereocenters. The molecule has 2 aromatic carbocycles. The standard InChI is InChI=1S/C21H27N3O6S/c1-14-7-8-17(15(2)9-14)24(31(6,26)27)13-20(25)23-22-12-16-10-18(28-3)21(30-5)19(11-16)29-4/h7-12H,13H2,1-6H3,(H,23,25)/b22-12-. The molecule has 0 saturated carbocycles. The number of hydrazone groups is 1. The largest absolute Gasteiger partial charge is 0.493 e. The average molecular weight is 450 g/mol. The van der Waals surface area contributed by atoms with Crippen LogP contribution in [0.25, 0.3) is 0 Å². The number of hydrogen-bond acceptors (Lipinski definition) is 7. The monoisotopic (exact) mass is 449 g/mol. The number of hydrogen-bond donors (Lipinski definition) is 1. The van der Waals surface area contributed by atoms with Crippen LogP contribution in [-0.4, -0.2) is 54.7 Å². The summed E-state index contributed by atoms with van der Waals surface area (Å²) in [5, 5.41) is 3.92. The zero-order valence-corrected chi connectivity index (χ0v) is 19.2. The summed E-state index contributed by atoms with van der Waals surface area (Å²) in [4.78, 5) is 12.4. The number of methoxy groups -OCH3 is 3. The fourth-order valence-corrected chi connectivity index (χ4v) is 3.90. The summed E-state index contributed by atoms with van der Waals surface area (Å²) < 4.78 is 41.4. The summed E-state index contributed by atoms with van der Waals surface area (Å²) in [7, 11) is 0.806. The number of nitrogens with one attached hydrogen (secondary N) is 1. The molecule has 0 aromatic heterocycles. The molecule has 0 spiro atoms. The molecule has 31 heavy (non-hydrogen) atoms. The Balaban J connectivity index is 2.18. The van der Waals surface area contributed by atoms with E-state index in [1.54, 1.807) is 31.2 Å². The van der Waals surface area contributed by atoms with Gasteiger partial charge in [0.25, 0.3) is 5.91 Å². The number of ether oxygens (including phenoxy) is 3. The normalized spacial score (nSPS) is 11.3. The minimum absolute atomic E-state index is 0.407. The van der Waals surface area contributed by atoms with Gasteiger partial charge in [0.2, 0.25) is 15.8 Å². The van der Waals surface area contributed by atoms with Gasteiger partial charge in [-0.15, -0.1) is 0 Å². The lowest BCUT2D eigenvalue weighted by Crippen LogP contribution is -2.39. The van der Waals surface area contributed by atoms with Crippen LogP contribution < -0.4 is 23.9 Å².